The molecule has 0 aliphatic heterocycles. The Balaban J connectivity index is 3.14. The van der Waals surface area contributed by atoms with Gasteiger partial charge in [0.05, 0.1) is 0 Å². The fourth-order valence-corrected chi connectivity index (χ4v) is 1.26. The molecule has 0 bridgehead atoms. The molecule has 14 heavy (non-hydrogen) atoms. The van der Waals surface area contributed by atoms with E-state index in [1.54, 1.807) is 19.1 Å². The second-order valence-corrected chi connectivity index (χ2v) is 3.01. The second kappa shape index (κ2) is 3.82. The van der Waals surface area contributed by atoms with Crippen molar-refractivity contribution < 1.29 is 18.0 Å². The molecule has 1 aromatic rings. The maximum atomic E-state index is 12.4. The van der Waals surface area contributed by atoms with Gasteiger partial charge in [-0.1, -0.05) is 24.3 Å². The fourth-order valence-electron chi connectivity index (χ4n) is 1.26. The molecule has 0 heterocycles. The fraction of sp³-hybridized carbons (Fsp3) is 0.300. The van der Waals surface area contributed by atoms with Crippen molar-refractivity contribution in [1.82, 2.24) is 0 Å². The first-order valence-electron chi connectivity index (χ1n) is 4.04. The van der Waals surface area contributed by atoms with Gasteiger partial charge in [-0.25, -0.2) is 0 Å². The van der Waals surface area contributed by atoms with Gasteiger partial charge in [0.15, 0.2) is 0 Å². The van der Waals surface area contributed by atoms with E-state index in [9.17, 15) is 18.0 Å². The molecule has 0 fully saturated rings. The molecule has 1 unspecified atom stereocenters. The monoisotopic (exact) mass is 202 g/mol. The predicted octanol–water partition coefficient (Wildman–Crippen LogP) is 2.84. The van der Waals surface area contributed by atoms with E-state index in [-0.39, 0.29) is 11.8 Å². The van der Waals surface area contributed by atoms with E-state index < -0.39 is 12.1 Å². The van der Waals surface area contributed by atoms with Crippen LogP contribution in [0.3, 0.4) is 0 Å². The molecule has 0 aliphatic rings. The minimum atomic E-state index is -4.51. The smallest absolute Gasteiger partial charge is 0.302 e. The number of rotatable bonds is 2. The molecule has 0 saturated heterocycles. The van der Waals surface area contributed by atoms with E-state index in [1.165, 1.54) is 12.1 Å². The van der Waals surface area contributed by atoms with Gasteiger partial charge in [0.25, 0.3) is 0 Å². The first-order valence-corrected chi connectivity index (χ1v) is 4.04. The molecule has 1 atom stereocenters. The number of benzene rings is 1. The summed E-state index contributed by atoms with van der Waals surface area (Å²) < 4.78 is 37.1. The Hall–Kier alpha value is -1.32. The third kappa shape index (κ3) is 2.13. The lowest BCUT2D eigenvalue weighted by atomic mass is 9.96. The number of hydrogen-bond donors (Lipinski definition) is 0. The molecule has 0 aromatic heterocycles. The van der Waals surface area contributed by atoms with E-state index in [1.807, 2.05) is 0 Å². The lowest BCUT2D eigenvalue weighted by Crippen LogP contribution is -2.22. The van der Waals surface area contributed by atoms with Gasteiger partial charge < -0.3 is 4.79 Å². The van der Waals surface area contributed by atoms with Crippen molar-refractivity contribution in [2.45, 2.75) is 19.0 Å². The number of aryl methyl sites for hydroxylation is 1. The van der Waals surface area contributed by atoms with Crippen molar-refractivity contribution in [3.63, 3.8) is 0 Å². The van der Waals surface area contributed by atoms with Gasteiger partial charge in [-0.15, -0.1) is 0 Å². The average Bonchev–Trinajstić information content (AvgIpc) is 2.07. The molecule has 76 valence electrons. The van der Waals surface area contributed by atoms with Crippen LogP contribution in [0.5, 0.6) is 0 Å². The molecule has 0 spiro atoms. The molecule has 1 aromatic carbocycles. The summed E-state index contributed by atoms with van der Waals surface area (Å²) in [6.45, 7) is 1.55. The highest BCUT2D eigenvalue weighted by atomic mass is 19.4. The third-order valence-electron chi connectivity index (χ3n) is 2.01. The van der Waals surface area contributed by atoms with Gasteiger partial charge in [0.1, 0.15) is 12.2 Å². The van der Waals surface area contributed by atoms with Crippen molar-refractivity contribution >= 4 is 6.29 Å². The maximum Gasteiger partial charge on any atom is 0.402 e. The van der Waals surface area contributed by atoms with Crippen LogP contribution in [-0.2, 0) is 4.79 Å². The van der Waals surface area contributed by atoms with Crippen LogP contribution in [0, 0.1) is 6.92 Å². The zero-order chi connectivity index (χ0) is 10.8. The van der Waals surface area contributed by atoms with Crippen molar-refractivity contribution in [2.75, 3.05) is 0 Å². The number of aldehydes is 1. The van der Waals surface area contributed by atoms with Gasteiger partial charge in [-0.2, -0.15) is 13.2 Å². The maximum absolute atomic E-state index is 12.4. The van der Waals surface area contributed by atoms with Crippen LogP contribution < -0.4 is 0 Å². The lowest BCUT2D eigenvalue weighted by Gasteiger charge is -2.16. The Morgan fingerprint density at radius 2 is 1.86 bits per heavy atom. The lowest BCUT2D eigenvalue weighted by molar-refractivity contribution is -0.156. The second-order valence-electron chi connectivity index (χ2n) is 3.01. The molecule has 0 amide bonds. The molecule has 4 heteroatoms. The van der Waals surface area contributed by atoms with Crippen molar-refractivity contribution in [3.05, 3.63) is 35.4 Å². The largest absolute Gasteiger partial charge is 0.402 e. The van der Waals surface area contributed by atoms with Gasteiger partial charge in [0.2, 0.25) is 0 Å². The van der Waals surface area contributed by atoms with Crippen LogP contribution in [0.1, 0.15) is 17.0 Å². The average molecular weight is 202 g/mol. The predicted molar refractivity (Wildman–Crippen MR) is 46.0 cm³/mol. The first kappa shape index (κ1) is 10.8. The standard InChI is InChI=1S/C10H9F3O/c1-7-4-2-3-5-8(7)9(6-14)10(11,12)13/h2-6,9H,1H3. The van der Waals surface area contributed by atoms with Crippen LogP contribution in [0.15, 0.2) is 24.3 Å². The number of carbonyl (C=O) groups excluding carboxylic acids is 1. The molecule has 1 nitrogen and oxygen atoms in total. The van der Waals surface area contributed by atoms with Crippen LogP contribution >= 0.6 is 0 Å². The zero-order valence-corrected chi connectivity index (χ0v) is 7.51. The zero-order valence-electron chi connectivity index (χ0n) is 7.51. The topological polar surface area (TPSA) is 17.1 Å². The van der Waals surface area contributed by atoms with Gasteiger partial charge in [-0.05, 0) is 18.1 Å². The van der Waals surface area contributed by atoms with E-state index >= 15 is 0 Å². The van der Waals surface area contributed by atoms with E-state index in [0.717, 1.165) is 0 Å². The highest BCUT2D eigenvalue weighted by Gasteiger charge is 2.41. The molecule has 0 radical (unpaired) electrons. The summed E-state index contributed by atoms with van der Waals surface area (Å²) in [5, 5.41) is 0. The van der Waals surface area contributed by atoms with Crippen molar-refractivity contribution in [2.24, 2.45) is 0 Å². The molecular weight excluding hydrogens is 193 g/mol. The van der Waals surface area contributed by atoms with E-state index in [2.05, 4.69) is 0 Å². The highest BCUT2D eigenvalue weighted by Crippen LogP contribution is 2.34. The van der Waals surface area contributed by atoms with Gasteiger partial charge >= 0.3 is 6.18 Å². The summed E-state index contributed by atoms with van der Waals surface area (Å²) in [5.41, 5.74) is 0.497. The third-order valence-corrected chi connectivity index (χ3v) is 2.01. The summed E-state index contributed by atoms with van der Waals surface area (Å²) >= 11 is 0. The van der Waals surface area contributed by atoms with Gasteiger partial charge in [-0.3, -0.25) is 0 Å². The summed E-state index contributed by atoms with van der Waals surface area (Å²) in [6.07, 6.45) is -4.57. The quantitative estimate of drug-likeness (QED) is 0.674. The number of hydrogen-bond acceptors (Lipinski definition) is 1. The number of carbonyl (C=O) groups is 1. The molecular formula is C10H9F3O. The molecule has 0 saturated carbocycles. The number of halogens is 3. The van der Waals surface area contributed by atoms with Crippen LogP contribution in [-0.4, -0.2) is 12.5 Å². The van der Waals surface area contributed by atoms with Gasteiger partial charge in [0, 0.05) is 0 Å². The van der Waals surface area contributed by atoms with Crippen molar-refractivity contribution in [3.8, 4) is 0 Å². The SMILES string of the molecule is Cc1ccccc1C(C=O)C(F)(F)F. The van der Waals surface area contributed by atoms with Crippen LogP contribution in [0.4, 0.5) is 13.2 Å². The van der Waals surface area contributed by atoms with E-state index in [4.69, 9.17) is 0 Å². The Bertz CT molecular complexity index is 330. The first-order chi connectivity index (χ1) is 6.46. The molecule has 0 N–H and O–H groups in total. The van der Waals surface area contributed by atoms with Crippen molar-refractivity contribution in [1.29, 1.82) is 0 Å². The highest BCUT2D eigenvalue weighted by molar-refractivity contribution is 5.64. The summed E-state index contributed by atoms with van der Waals surface area (Å²) in [6, 6.07) is 6.00. The molecule has 0 aliphatic carbocycles. The van der Waals surface area contributed by atoms with Crippen LogP contribution in [0.2, 0.25) is 0 Å². The molecule has 1 rings (SSSR count). The normalized spacial score (nSPS) is 13.7. The summed E-state index contributed by atoms with van der Waals surface area (Å²) in [4.78, 5) is 10.4. The Kier molecular flexibility index (Phi) is 2.93. The Morgan fingerprint density at radius 3 is 2.29 bits per heavy atom. The summed E-state index contributed by atoms with van der Waals surface area (Å²) in [7, 11) is 0. The number of alkyl halides is 3. The summed E-state index contributed by atoms with van der Waals surface area (Å²) in [5.74, 6) is -2.01. The minimum absolute atomic E-state index is 0.0231. The van der Waals surface area contributed by atoms with E-state index in [0.29, 0.717) is 5.56 Å². The minimum Gasteiger partial charge on any atom is -0.302 e. The Morgan fingerprint density at radius 1 is 1.29 bits per heavy atom. The Labute approximate surface area is 79.5 Å². The van der Waals surface area contributed by atoms with Crippen LogP contribution in [0.25, 0.3) is 0 Å².